The van der Waals surface area contributed by atoms with E-state index in [-0.39, 0.29) is 18.7 Å². The number of nitrogens with two attached hydrogens (primary N) is 1. The van der Waals surface area contributed by atoms with Crippen LogP contribution in [0.25, 0.3) is 0 Å². The summed E-state index contributed by atoms with van der Waals surface area (Å²) in [7, 11) is -3.97. The first-order chi connectivity index (χ1) is 9.94. The molecule has 10 heteroatoms. The largest absolute Gasteiger partial charge is 0.326 e. The molecule has 0 aliphatic rings. The minimum absolute atomic E-state index is 0.0651. The lowest BCUT2D eigenvalue weighted by molar-refractivity contribution is 0.536. The first kappa shape index (κ1) is 16.0. The van der Waals surface area contributed by atoms with Crippen molar-refractivity contribution < 1.29 is 12.8 Å². The molecule has 21 heavy (non-hydrogen) atoms. The third kappa shape index (κ3) is 3.84. The molecule has 2 aromatic rings. The molecule has 0 aliphatic carbocycles. The molecule has 2 rings (SSSR count). The van der Waals surface area contributed by atoms with Gasteiger partial charge < -0.3 is 5.73 Å². The van der Waals surface area contributed by atoms with Crippen LogP contribution >= 0.6 is 15.9 Å². The fourth-order valence-corrected chi connectivity index (χ4v) is 3.51. The van der Waals surface area contributed by atoms with Crippen LogP contribution in [0.3, 0.4) is 0 Å². The van der Waals surface area contributed by atoms with Crippen molar-refractivity contribution in [3.8, 4) is 0 Å². The molecule has 0 saturated heterocycles. The Hall–Kier alpha value is -1.36. The van der Waals surface area contributed by atoms with E-state index in [1.165, 1.54) is 23.0 Å². The van der Waals surface area contributed by atoms with E-state index in [0.717, 1.165) is 0 Å². The normalized spacial score (nSPS) is 11.8. The minimum Gasteiger partial charge on any atom is -0.326 e. The second kappa shape index (κ2) is 6.60. The standard InChI is InChI=1S/C11H13BrFN5O2S/c12-9-5-8(7-14)11(13)10(6-9)21(19,20)16-2-4-18-3-1-15-17-18/h1,3,5-6,16H,2,4,7,14H2. The van der Waals surface area contributed by atoms with Gasteiger partial charge in [-0.25, -0.2) is 17.5 Å². The molecule has 0 saturated carbocycles. The van der Waals surface area contributed by atoms with Crippen LogP contribution in [0.2, 0.25) is 0 Å². The average Bonchev–Trinajstić information content (AvgIpc) is 2.93. The smallest absolute Gasteiger partial charge is 0.243 e. The highest BCUT2D eigenvalue weighted by atomic mass is 79.9. The quantitative estimate of drug-likeness (QED) is 0.767. The van der Waals surface area contributed by atoms with Crippen LogP contribution in [0, 0.1) is 5.82 Å². The molecule has 3 N–H and O–H groups in total. The van der Waals surface area contributed by atoms with Crippen LogP contribution in [0.5, 0.6) is 0 Å². The van der Waals surface area contributed by atoms with Crippen LogP contribution < -0.4 is 10.5 Å². The van der Waals surface area contributed by atoms with Gasteiger partial charge in [-0.05, 0) is 12.1 Å². The highest BCUT2D eigenvalue weighted by Gasteiger charge is 2.21. The Morgan fingerprint density at radius 1 is 1.43 bits per heavy atom. The Balaban J connectivity index is 2.17. The lowest BCUT2D eigenvalue weighted by Gasteiger charge is -2.10. The molecule has 0 unspecified atom stereocenters. The summed E-state index contributed by atoms with van der Waals surface area (Å²) < 4.78 is 42.6. The lowest BCUT2D eigenvalue weighted by Crippen LogP contribution is -2.28. The monoisotopic (exact) mass is 377 g/mol. The average molecular weight is 378 g/mol. The number of hydrogen-bond acceptors (Lipinski definition) is 5. The van der Waals surface area contributed by atoms with Crippen molar-refractivity contribution in [1.29, 1.82) is 0 Å². The molecule has 1 aromatic heterocycles. The van der Waals surface area contributed by atoms with Crippen molar-refractivity contribution in [1.82, 2.24) is 19.7 Å². The highest BCUT2D eigenvalue weighted by Crippen LogP contribution is 2.23. The topological polar surface area (TPSA) is 103 Å². The zero-order chi connectivity index (χ0) is 15.5. The van der Waals surface area contributed by atoms with Crippen molar-refractivity contribution >= 4 is 26.0 Å². The molecule has 1 heterocycles. The zero-order valence-corrected chi connectivity index (χ0v) is 13.2. The van der Waals surface area contributed by atoms with E-state index in [1.54, 1.807) is 6.20 Å². The molecule has 0 fully saturated rings. The van der Waals surface area contributed by atoms with E-state index in [2.05, 4.69) is 31.0 Å². The van der Waals surface area contributed by atoms with Gasteiger partial charge in [0.25, 0.3) is 0 Å². The first-order valence-electron chi connectivity index (χ1n) is 5.96. The Morgan fingerprint density at radius 3 is 2.81 bits per heavy atom. The molecule has 7 nitrogen and oxygen atoms in total. The Kier molecular flexibility index (Phi) is 5.04. The molecule has 0 bridgehead atoms. The molecule has 0 spiro atoms. The van der Waals surface area contributed by atoms with Gasteiger partial charge in [-0.15, -0.1) is 5.10 Å². The highest BCUT2D eigenvalue weighted by molar-refractivity contribution is 9.10. The Morgan fingerprint density at radius 2 is 2.19 bits per heavy atom. The van der Waals surface area contributed by atoms with Gasteiger partial charge >= 0.3 is 0 Å². The molecule has 1 aromatic carbocycles. The van der Waals surface area contributed by atoms with E-state index in [4.69, 9.17) is 5.73 Å². The molecule has 0 radical (unpaired) electrons. The predicted octanol–water partition coefficient (Wildman–Crippen LogP) is 0.617. The summed E-state index contributed by atoms with van der Waals surface area (Å²) in [6.45, 7) is 0.265. The van der Waals surface area contributed by atoms with Gasteiger partial charge in [0.05, 0.1) is 12.7 Å². The van der Waals surface area contributed by atoms with Crippen molar-refractivity contribution in [2.75, 3.05) is 6.54 Å². The Bertz CT molecular complexity index is 720. The summed E-state index contributed by atoms with van der Waals surface area (Å²) in [6.07, 6.45) is 3.08. The summed E-state index contributed by atoms with van der Waals surface area (Å²) in [5, 5.41) is 7.30. The van der Waals surface area contributed by atoms with Crippen molar-refractivity contribution in [3.63, 3.8) is 0 Å². The van der Waals surface area contributed by atoms with Crippen LogP contribution in [0.4, 0.5) is 4.39 Å². The number of rotatable bonds is 6. The van der Waals surface area contributed by atoms with E-state index in [1.807, 2.05) is 0 Å². The van der Waals surface area contributed by atoms with Crippen molar-refractivity contribution in [2.45, 2.75) is 18.0 Å². The van der Waals surface area contributed by atoms with Gasteiger partial charge in [-0.2, -0.15) is 0 Å². The molecule has 0 aliphatic heterocycles. The van der Waals surface area contributed by atoms with Gasteiger partial charge in [0.2, 0.25) is 10.0 Å². The third-order valence-corrected chi connectivity index (χ3v) is 4.61. The maximum atomic E-state index is 14.1. The molecular weight excluding hydrogens is 365 g/mol. The van der Waals surface area contributed by atoms with Gasteiger partial charge in [0.1, 0.15) is 10.7 Å². The van der Waals surface area contributed by atoms with Crippen LogP contribution in [-0.2, 0) is 23.1 Å². The van der Waals surface area contributed by atoms with E-state index in [9.17, 15) is 12.8 Å². The maximum Gasteiger partial charge on any atom is 0.243 e. The zero-order valence-electron chi connectivity index (χ0n) is 10.8. The van der Waals surface area contributed by atoms with Crippen LogP contribution in [-0.4, -0.2) is 30.0 Å². The molecule has 0 amide bonds. The molecule has 114 valence electrons. The number of nitrogens with zero attached hydrogens (tertiary/aromatic N) is 3. The van der Waals surface area contributed by atoms with Crippen molar-refractivity contribution in [3.05, 3.63) is 40.4 Å². The Labute approximate surface area is 129 Å². The van der Waals surface area contributed by atoms with Gasteiger partial charge in [0.15, 0.2) is 0 Å². The number of nitrogens with one attached hydrogen (secondary N) is 1. The SMILES string of the molecule is NCc1cc(Br)cc(S(=O)(=O)NCCn2ccnn2)c1F. The minimum atomic E-state index is -3.97. The lowest BCUT2D eigenvalue weighted by atomic mass is 10.2. The fourth-order valence-electron chi connectivity index (χ4n) is 1.69. The van der Waals surface area contributed by atoms with Crippen LogP contribution in [0.1, 0.15) is 5.56 Å². The third-order valence-electron chi connectivity index (χ3n) is 2.69. The number of halogens is 2. The second-order valence-electron chi connectivity index (χ2n) is 4.15. The van der Waals surface area contributed by atoms with E-state index >= 15 is 0 Å². The van der Waals surface area contributed by atoms with Gasteiger partial charge in [-0.3, -0.25) is 4.68 Å². The predicted molar refractivity (Wildman–Crippen MR) is 77.2 cm³/mol. The van der Waals surface area contributed by atoms with E-state index in [0.29, 0.717) is 11.0 Å². The summed E-state index contributed by atoms with van der Waals surface area (Å²) in [5.41, 5.74) is 5.53. The fraction of sp³-hybridized carbons (Fsp3) is 0.273. The number of sulfonamides is 1. The number of hydrogen-bond donors (Lipinski definition) is 2. The first-order valence-corrected chi connectivity index (χ1v) is 8.23. The maximum absolute atomic E-state index is 14.1. The second-order valence-corrected chi connectivity index (χ2v) is 6.80. The summed E-state index contributed by atoms with van der Waals surface area (Å²) in [5.74, 6) is -0.839. The number of benzene rings is 1. The van der Waals surface area contributed by atoms with Crippen LogP contribution in [0.15, 0.2) is 33.9 Å². The van der Waals surface area contributed by atoms with E-state index < -0.39 is 20.7 Å². The van der Waals surface area contributed by atoms with Gasteiger partial charge in [0, 0.05) is 29.3 Å². The summed E-state index contributed by atoms with van der Waals surface area (Å²) >= 11 is 3.14. The summed E-state index contributed by atoms with van der Waals surface area (Å²) in [4.78, 5) is -0.434. The molecular formula is C11H13BrFN5O2S. The number of aromatic nitrogens is 3. The van der Waals surface area contributed by atoms with Gasteiger partial charge in [-0.1, -0.05) is 21.1 Å². The van der Waals surface area contributed by atoms with Crippen molar-refractivity contribution in [2.24, 2.45) is 5.73 Å². The molecule has 0 atom stereocenters. The summed E-state index contributed by atoms with van der Waals surface area (Å²) in [6, 6.07) is 2.65.